The van der Waals surface area contributed by atoms with E-state index in [-0.39, 0.29) is 23.4 Å². The summed E-state index contributed by atoms with van der Waals surface area (Å²) >= 11 is 0. The number of rotatable bonds is 6. The molecule has 1 fully saturated rings. The standard InChI is InChI=1S/C14H26O3/c1-7-13(4,5)14(6,10(2)3)12(15)17-9-11-8-16-11/h10-11H,7-9H2,1-6H3. The van der Waals surface area contributed by atoms with Crippen LogP contribution in [0.15, 0.2) is 0 Å². The van der Waals surface area contributed by atoms with Crippen LogP contribution in [0.1, 0.15) is 48.0 Å². The Balaban J connectivity index is 2.78. The van der Waals surface area contributed by atoms with Gasteiger partial charge in [0, 0.05) is 0 Å². The van der Waals surface area contributed by atoms with Gasteiger partial charge in [-0.3, -0.25) is 4.79 Å². The van der Waals surface area contributed by atoms with E-state index in [0.29, 0.717) is 6.61 Å². The third kappa shape index (κ3) is 2.82. The zero-order valence-electron chi connectivity index (χ0n) is 12.0. The van der Waals surface area contributed by atoms with Gasteiger partial charge in [0.25, 0.3) is 0 Å². The number of esters is 1. The molecule has 17 heavy (non-hydrogen) atoms. The van der Waals surface area contributed by atoms with E-state index in [1.54, 1.807) is 0 Å². The molecule has 0 N–H and O–H groups in total. The van der Waals surface area contributed by atoms with E-state index < -0.39 is 5.41 Å². The first kappa shape index (κ1) is 14.5. The molecule has 0 aliphatic carbocycles. The van der Waals surface area contributed by atoms with Gasteiger partial charge in [-0.1, -0.05) is 34.6 Å². The van der Waals surface area contributed by atoms with E-state index in [1.807, 2.05) is 6.92 Å². The second kappa shape index (κ2) is 4.97. The Morgan fingerprint density at radius 3 is 2.29 bits per heavy atom. The maximum atomic E-state index is 12.4. The average Bonchev–Trinajstić information content (AvgIpc) is 3.07. The largest absolute Gasteiger partial charge is 0.462 e. The third-order valence-electron chi connectivity index (χ3n) is 4.67. The Morgan fingerprint density at radius 2 is 1.94 bits per heavy atom. The quantitative estimate of drug-likeness (QED) is 0.531. The minimum atomic E-state index is -0.448. The highest BCUT2D eigenvalue weighted by Gasteiger charge is 2.49. The van der Waals surface area contributed by atoms with E-state index in [2.05, 4.69) is 34.6 Å². The van der Waals surface area contributed by atoms with Gasteiger partial charge in [-0.15, -0.1) is 0 Å². The highest BCUT2D eigenvalue weighted by molar-refractivity contribution is 5.77. The molecule has 2 unspecified atom stereocenters. The van der Waals surface area contributed by atoms with Crippen molar-refractivity contribution in [2.45, 2.75) is 54.1 Å². The predicted octanol–water partition coefficient (Wildman–Crippen LogP) is 3.03. The van der Waals surface area contributed by atoms with Gasteiger partial charge in [0.2, 0.25) is 0 Å². The van der Waals surface area contributed by atoms with Crippen molar-refractivity contribution in [1.82, 2.24) is 0 Å². The normalized spacial score (nSPS) is 23.4. The lowest BCUT2D eigenvalue weighted by Crippen LogP contribution is -2.47. The number of hydrogen-bond acceptors (Lipinski definition) is 3. The number of hydrogen-bond donors (Lipinski definition) is 0. The molecule has 3 nitrogen and oxygen atoms in total. The Labute approximate surface area is 105 Å². The van der Waals surface area contributed by atoms with E-state index in [1.165, 1.54) is 0 Å². The first-order chi connectivity index (χ1) is 7.75. The van der Waals surface area contributed by atoms with Gasteiger partial charge in [0.05, 0.1) is 12.0 Å². The van der Waals surface area contributed by atoms with Crippen molar-refractivity contribution in [2.24, 2.45) is 16.7 Å². The van der Waals surface area contributed by atoms with Gasteiger partial charge in [-0.2, -0.15) is 0 Å². The van der Waals surface area contributed by atoms with Crippen LogP contribution < -0.4 is 0 Å². The fraction of sp³-hybridized carbons (Fsp3) is 0.929. The first-order valence-electron chi connectivity index (χ1n) is 6.54. The fourth-order valence-electron chi connectivity index (χ4n) is 2.14. The van der Waals surface area contributed by atoms with Crippen LogP contribution >= 0.6 is 0 Å². The van der Waals surface area contributed by atoms with E-state index >= 15 is 0 Å². The van der Waals surface area contributed by atoms with Crippen LogP contribution in [0.25, 0.3) is 0 Å². The van der Waals surface area contributed by atoms with Crippen molar-refractivity contribution in [3.63, 3.8) is 0 Å². The van der Waals surface area contributed by atoms with Gasteiger partial charge in [0.1, 0.15) is 12.7 Å². The maximum absolute atomic E-state index is 12.4. The molecule has 100 valence electrons. The number of epoxide rings is 1. The summed E-state index contributed by atoms with van der Waals surface area (Å²) in [5.74, 6) is 0.167. The molecule has 0 aromatic heterocycles. The lowest BCUT2D eigenvalue weighted by atomic mass is 9.59. The summed E-state index contributed by atoms with van der Waals surface area (Å²) in [6.07, 6.45) is 1.09. The van der Waals surface area contributed by atoms with Crippen LogP contribution in [0.2, 0.25) is 0 Å². The van der Waals surface area contributed by atoms with Crippen LogP contribution in [-0.4, -0.2) is 25.3 Å². The van der Waals surface area contributed by atoms with E-state index in [9.17, 15) is 4.79 Å². The molecule has 3 heteroatoms. The van der Waals surface area contributed by atoms with Gasteiger partial charge in [-0.25, -0.2) is 0 Å². The van der Waals surface area contributed by atoms with Crippen molar-refractivity contribution < 1.29 is 14.3 Å². The summed E-state index contributed by atoms with van der Waals surface area (Å²) in [5.41, 5.74) is -0.515. The van der Waals surface area contributed by atoms with Crippen molar-refractivity contribution >= 4 is 5.97 Å². The Morgan fingerprint density at radius 1 is 1.41 bits per heavy atom. The van der Waals surface area contributed by atoms with Crippen LogP contribution in [0, 0.1) is 16.7 Å². The van der Waals surface area contributed by atoms with Crippen LogP contribution in [0.4, 0.5) is 0 Å². The predicted molar refractivity (Wildman–Crippen MR) is 67.7 cm³/mol. The third-order valence-corrected chi connectivity index (χ3v) is 4.67. The Bertz CT molecular complexity index is 279. The summed E-state index contributed by atoms with van der Waals surface area (Å²) in [7, 11) is 0. The molecule has 0 spiro atoms. The number of ether oxygens (including phenoxy) is 2. The Kier molecular flexibility index (Phi) is 4.23. The second-order valence-electron chi connectivity index (χ2n) is 6.15. The Hall–Kier alpha value is -0.570. The second-order valence-corrected chi connectivity index (χ2v) is 6.15. The molecule has 1 aliphatic rings. The molecule has 1 saturated heterocycles. The van der Waals surface area contributed by atoms with Crippen LogP contribution in [-0.2, 0) is 14.3 Å². The van der Waals surface area contributed by atoms with Gasteiger partial charge < -0.3 is 9.47 Å². The van der Waals surface area contributed by atoms with Crippen molar-refractivity contribution in [3.8, 4) is 0 Å². The van der Waals surface area contributed by atoms with Crippen molar-refractivity contribution in [3.05, 3.63) is 0 Å². The topological polar surface area (TPSA) is 38.8 Å². The zero-order valence-corrected chi connectivity index (χ0v) is 12.0. The minimum Gasteiger partial charge on any atom is -0.462 e. The monoisotopic (exact) mass is 242 g/mol. The van der Waals surface area contributed by atoms with Crippen LogP contribution in [0.5, 0.6) is 0 Å². The molecule has 0 bridgehead atoms. The molecule has 0 amide bonds. The summed E-state index contributed by atoms with van der Waals surface area (Å²) in [5, 5.41) is 0. The molecular weight excluding hydrogens is 216 g/mol. The lowest BCUT2D eigenvalue weighted by Gasteiger charge is -2.44. The first-order valence-corrected chi connectivity index (χ1v) is 6.54. The zero-order chi connectivity index (χ0) is 13.3. The molecule has 1 rings (SSSR count). The molecule has 0 saturated carbocycles. The molecular formula is C14H26O3. The molecule has 0 radical (unpaired) electrons. The summed E-state index contributed by atoms with van der Waals surface area (Å²) in [6, 6.07) is 0. The van der Waals surface area contributed by atoms with Crippen LogP contribution in [0.3, 0.4) is 0 Å². The average molecular weight is 242 g/mol. The number of carbonyl (C=O) groups is 1. The van der Waals surface area contributed by atoms with Gasteiger partial charge >= 0.3 is 5.97 Å². The highest BCUT2D eigenvalue weighted by atomic mass is 16.6. The van der Waals surface area contributed by atoms with Crippen molar-refractivity contribution in [2.75, 3.05) is 13.2 Å². The fourth-order valence-corrected chi connectivity index (χ4v) is 2.14. The summed E-state index contributed by atoms with van der Waals surface area (Å²) < 4.78 is 10.5. The number of carbonyl (C=O) groups excluding carboxylic acids is 1. The maximum Gasteiger partial charge on any atom is 0.312 e. The lowest BCUT2D eigenvalue weighted by molar-refractivity contribution is -0.168. The highest BCUT2D eigenvalue weighted by Crippen LogP contribution is 2.47. The van der Waals surface area contributed by atoms with Crippen molar-refractivity contribution in [1.29, 1.82) is 0 Å². The van der Waals surface area contributed by atoms with E-state index in [0.717, 1.165) is 13.0 Å². The summed E-state index contributed by atoms with van der Waals surface area (Å²) in [4.78, 5) is 12.4. The SMILES string of the molecule is CCC(C)(C)C(C)(C(=O)OCC1CO1)C(C)C. The van der Waals surface area contributed by atoms with Gasteiger partial charge in [0.15, 0.2) is 0 Å². The van der Waals surface area contributed by atoms with E-state index in [4.69, 9.17) is 9.47 Å². The minimum absolute atomic E-state index is 0.0668. The molecule has 1 aliphatic heterocycles. The molecule has 0 aromatic carbocycles. The van der Waals surface area contributed by atoms with Gasteiger partial charge in [-0.05, 0) is 24.7 Å². The molecule has 2 atom stereocenters. The summed E-state index contributed by atoms with van der Waals surface area (Å²) in [6.45, 7) is 13.7. The smallest absolute Gasteiger partial charge is 0.312 e. The molecule has 0 aromatic rings. The molecule has 1 heterocycles.